The molecule has 1 atom stereocenters. The minimum atomic E-state index is -0.641. The summed E-state index contributed by atoms with van der Waals surface area (Å²) in [4.78, 5) is 0. The highest BCUT2D eigenvalue weighted by molar-refractivity contribution is 6.33. The highest BCUT2D eigenvalue weighted by Crippen LogP contribution is 2.29. The van der Waals surface area contributed by atoms with Crippen LogP contribution in [0, 0.1) is 0 Å². The lowest BCUT2D eigenvalue weighted by molar-refractivity contribution is 0.106. The lowest BCUT2D eigenvalue weighted by Crippen LogP contribution is -2.31. The van der Waals surface area contributed by atoms with Crippen LogP contribution < -0.4 is 19.5 Å². The molecule has 0 saturated carbocycles. The number of rotatable bonds is 10. The molecule has 0 aliphatic heterocycles. The van der Waals surface area contributed by atoms with E-state index in [1.807, 2.05) is 66.7 Å². The van der Waals surface area contributed by atoms with Crippen molar-refractivity contribution in [3.8, 4) is 28.4 Å². The number of benzene rings is 3. The Balaban J connectivity index is 1.46. The van der Waals surface area contributed by atoms with Crippen molar-refractivity contribution in [3.63, 3.8) is 0 Å². The number of hydrogen-bond acceptors (Lipinski definition) is 5. The first kappa shape index (κ1) is 22.0. The van der Waals surface area contributed by atoms with Crippen molar-refractivity contribution in [1.82, 2.24) is 5.32 Å². The monoisotopic (exact) mass is 427 g/mol. The topological polar surface area (TPSA) is 60.0 Å². The van der Waals surface area contributed by atoms with Crippen LogP contribution in [0.15, 0.2) is 66.7 Å². The highest BCUT2D eigenvalue weighted by Gasteiger charge is 2.09. The maximum Gasteiger partial charge on any atom is 0.127 e. The van der Waals surface area contributed by atoms with Crippen molar-refractivity contribution in [3.05, 3.63) is 77.3 Å². The molecule has 1 unspecified atom stereocenters. The fourth-order valence-electron chi connectivity index (χ4n) is 3.05. The summed E-state index contributed by atoms with van der Waals surface area (Å²) < 4.78 is 16.3. The fraction of sp³-hybridized carbons (Fsp3) is 0.250. The van der Waals surface area contributed by atoms with Gasteiger partial charge in [-0.3, -0.25) is 0 Å². The Morgan fingerprint density at radius 3 is 2.37 bits per heavy atom. The lowest BCUT2D eigenvalue weighted by atomic mass is 10.1. The summed E-state index contributed by atoms with van der Waals surface area (Å²) in [5, 5.41) is 14.1. The zero-order valence-electron chi connectivity index (χ0n) is 17.1. The van der Waals surface area contributed by atoms with Gasteiger partial charge < -0.3 is 24.6 Å². The van der Waals surface area contributed by atoms with Gasteiger partial charge in [-0.1, -0.05) is 48.0 Å². The molecule has 3 aromatic rings. The molecule has 6 heteroatoms. The van der Waals surface area contributed by atoms with Crippen LogP contribution in [0.25, 0.3) is 11.1 Å². The van der Waals surface area contributed by atoms with Gasteiger partial charge in [0.05, 0.1) is 14.2 Å². The molecule has 3 rings (SSSR count). The van der Waals surface area contributed by atoms with E-state index in [4.69, 9.17) is 25.8 Å². The van der Waals surface area contributed by atoms with Gasteiger partial charge in [0.25, 0.3) is 0 Å². The molecular formula is C24H26ClNO4. The number of aliphatic hydroxyl groups is 1. The van der Waals surface area contributed by atoms with Crippen molar-refractivity contribution in [2.24, 2.45) is 0 Å². The average Bonchev–Trinajstić information content (AvgIpc) is 2.78. The summed E-state index contributed by atoms with van der Waals surface area (Å²) in [7, 11) is 3.24. The minimum Gasteiger partial charge on any atom is -0.497 e. The molecule has 0 fully saturated rings. The molecule has 0 saturated heterocycles. The molecule has 0 aliphatic carbocycles. The second-order valence-electron chi connectivity index (χ2n) is 6.78. The van der Waals surface area contributed by atoms with Gasteiger partial charge in [-0.2, -0.15) is 0 Å². The number of ether oxygens (including phenoxy) is 3. The Morgan fingerprint density at radius 2 is 1.67 bits per heavy atom. The molecular weight excluding hydrogens is 402 g/mol. The standard InChI is InChI=1S/C24H26ClNO4/c1-28-21-12-9-18(24(13-21)29-2)14-26-15-19(27)16-30-20-10-7-17(8-11-20)22-5-3-4-6-23(22)25/h3-13,19,26-27H,14-16H2,1-2H3. The van der Waals surface area contributed by atoms with Crippen LogP contribution >= 0.6 is 11.6 Å². The molecule has 0 heterocycles. The summed E-state index contributed by atoms with van der Waals surface area (Å²) in [5.74, 6) is 2.18. The van der Waals surface area contributed by atoms with Crippen LogP contribution in [0.1, 0.15) is 5.56 Å². The van der Waals surface area contributed by atoms with Crippen molar-refractivity contribution < 1.29 is 19.3 Å². The molecule has 158 valence electrons. The summed E-state index contributed by atoms with van der Waals surface area (Å²) in [6.45, 7) is 1.15. The van der Waals surface area contributed by atoms with Crippen molar-refractivity contribution in [2.75, 3.05) is 27.4 Å². The average molecular weight is 428 g/mol. The van der Waals surface area contributed by atoms with Gasteiger partial charge in [0, 0.05) is 35.3 Å². The number of nitrogens with one attached hydrogen (secondary N) is 1. The van der Waals surface area contributed by atoms with Crippen LogP contribution in [-0.2, 0) is 6.54 Å². The first-order valence-electron chi connectivity index (χ1n) is 9.68. The molecule has 0 aliphatic rings. The van der Waals surface area contributed by atoms with Crippen LogP contribution in [0.5, 0.6) is 17.2 Å². The predicted molar refractivity (Wildman–Crippen MR) is 120 cm³/mol. The molecule has 0 aromatic heterocycles. The Bertz CT molecular complexity index is 946. The van der Waals surface area contributed by atoms with Crippen LogP contribution in [0.4, 0.5) is 0 Å². The Morgan fingerprint density at radius 1 is 0.933 bits per heavy atom. The molecule has 0 bridgehead atoms. The van der Waals surface area contributed by atoms with Gasteiger partial charge in [-0.05, 0) is 29.8 Å². The van der Waals surface area contributed by atoms with E-state index in [0.717, 1.165) is 28.2 Å². The maximum absolute atomic E-state index is 10.2. The normalized spacial score (nSPS) is 11.7. The van der Waals surface area contributed by atoms with Crippen LogP contribution in [0.3, 0.4) is 0 Å². The van der Waals surface area contributed by atoms with Gasteiger partial charge >= 0.3 is 0 Å². The van der Waals surface area contributed by atoms with E-state index in [9.17, 15) is 5.11 Å². The maximum atomic E-state index is 10.2. The summed E-state index contributed by atoms with van der Waals surface area (Å²) in [6.07, 6.45) is -0.641. The Labute approximate surface area is 182 Å². The lowest BCUT2D eigenvalue weighted by Gasteiger charge is -2.15. The van der Waals surface area contributed by atoms with Gasteiger partial charge in [-0.15, -0.1) is 0 Å². The third-order valence-corrected chi connectivity index (χ3v) is 5.00. The van der Waals surface area contributed by atoms with Crippen molar-refractivity contribution >= 4 is 11.6 Å². The van der Waals surface area contributed by atoms with Gasteiger partial charge in [-0.25, -0.2) is 0 Å². The summed E-state index contributed by atoms with van der Waals surface area (Å²) in [6, 6.07) is 21.0. The van der Waals surface area contributed by atoms with Crippen molar-refractivity contribution in [1.29, 1.82) is 0 Å². The zero-order valence-corrected chi connectivity index (χ0v) is 17.9. The van der Waals surface area contributed by atoms with E-state index in [0.29, 0.717) is 23.9 Å². The predicted octanol–water partition coefficient (Wildman–Crippen LogP) is 4.55. The first-order chi connectivity index (χ1) is 14.6. The SMILES string of the molecule is COc1ccc(CNCC(O)COc2ccc(-c3ccccc3Cl)cc2)c(OC)c1. The molecule has 0 spiro atoms. The van der Waals surface area contributed by atoms with Crippen LogP contribution in [-0.4, -0.2) is 38.6 Å². The second-order valence-corrected chi connectivity index (χ2v) is 7.18. The molecule has 5 nitrogen and oxygen atoms in total. The van der Waals surface area contributed by atoms with E-state index in [2.05, 4.69) is 5.32 Å². The number of methoxy groups -OCH3 is 2. The van der Waals surface area contributed by atoms with Gasteiger partial charge in [0.1, 0.15) is 30.0 Å². The van der Waals surface area contributed by atoms with E-state index >= 15 is 0 Å². The largest absolute Gasteiger partial charge is 0.497 e. The van der Waals surface area contributed by atoms with E-state index in [1.165, 1.54) is 0 Å². The second kappa shape index (κ2) is 10.9. The first-order valence-corrected chi connectivity index (χ1v) is 10.1. The van der Waals surface area contributed by atoms with E-state index < -0.39 is 6.10 Å². The molecule has 2 N–H and O–H groups in total. The Hall–Kier alpha value is -2.73. The van der Waals surface area contributed by atoms with E-state index in [-0.39, 0.29) is 6.61 Å². The number of hydrogen-bond donors (Lipinski definition) is 2. The van der Waals surface area contributed by atoms with E-state index in [1.54, 1.807) is 14.2 Å². The highest BCUT2D eigenvalue weighted by atomic mass is 35.5. The third kappa shape index (κ3) is 5.89. The molecule has 0 radical (unpaired) electrons. The van der Waals surface area contributed by atoms with Gasteiger partial charge in [0.15, 0.2) is 0 Å². The zero-order chi connectivity index (χ0) is 21.3. The quantitative estimate of drug-likeness (QED) is 0.497. The minimum absolute atomic E-state index is 0.193. The number of halogens is 1. The summed E-state index contributed by atoms with van der Waals surface area (Å²) >= 11 is 6.24. The van der Waals surface area contributed by atoms with Crippen molar-refractivity contribution in [2.45, 2.75) is 12.6 Å². The van der Waals surface area contributed by atoms with Crippen LogP contribution in [0.2, 0.25) is 5.02 Å². The Kier molecular flexibility index (Phi) is 7.97. The molecule has 3 aromatic carbocycles. The molecule has 0 amide bonds. The van der Waals surface area contributed by atoms with Gasteiger partial charge in [0.2, 0.25) is 0 Å². The number of aliphatic hydroxyl groups excluding tert-OH is 1. The molecule has 30 heavy (non-hydrogen) atoms. The third-order valence-electron chi connectivity index (χ3n) is 4.67. The smallest absolute Gasteiger partial charge is 0.127 e. The summed E-state index contributed by atoms with van der Waals surface area (Å²) in [5.41, 5.74) is 2.98. The fourth-order valence-corrected chi connectivity index (χ4v) is 3.29.